The van der Waals surface area contributed by atoms with Gasteiger partial charge in [0.1, 0.15) is 34.1 Å². The number of hydrogen-bond acceptors (Lipinski definition) is 10. The van der Waals surface area contributed by atoms with Gasteiger partial charge < -0.3 is 28.4 Å². The van der Waals surface area contributed by atoms with Gasteiger partial charge in [-0.2, -0.15) is 0 Å². The molecular weight excluding hydrogens is 544 g/mol. The van der Waals surface area contributed by atoms with Gasteiger partial charge in [-0.15, -0.1) is 0 Å². The van der Waals surface area contributed by atoms with Crippen molar-refractivity contribution in [3.05, 3.63) is 119 Å². The van der Waals surface area contributed by atoms with Crippen LogP contribution in [-0.2, 0) is 9.47 Å². The summed E-state index contributed by atoms with van der Waals surface area (Å²) in [6.07, 6.45) is -1.84. The van der Waals surface area contributed by atoms with Crippen molar-refractivity contribution < 1.29 is 47.6 Å². The molecule has 10 nitrogen and oxygen atoms in total. The van der Waals surface area contributed by atoms with Gasteiger partial charge in [0.15, 0.2) is 0 Å². The first kappa shape index (κ1) is 30.9. The molecule has 0 spiro atoms. The Bertz CT molecular complexity index is 1410. The number of ether oxygens (including phenoxy) is 6. The Kier molecular flexibility index (Phi) is 11.2. The van der Waals surface area contributed by atoms with Crippen molar-refractivity contribution in [2.75, 3.05) is 14.2 Å². The van der Waals surface area contributed by atoms with E-state index in [1.54, 1.807) is 48.5 Å². The predicted molar refractivity (Wildman–Crippen MR) is 151 cm³/mol. The molecule has 0 bridgehead atoms. The third-order valence-electron chi connectivity index (χ3n) is 5.42. The number of carbonyl (C=O) groups excluding carboxylic acids is 4. The number of benzene rings is 4. The minimum Gasteiger partial charge on any atom is -0.465 e. The molecule has 0 aliphatic heterocycles. The molecule has 0 radical (unpaired) electrons. The highest BCUT2D eigenvalue weighted by Crippen LogP contribution is 2.23. The molecule has 0 aliphatic rings. The van der Waals surface area contributed by atoms with Crippen LogP contribution in [0.5, 0.6) is 23.0 Å². The molecule has 42 heavy (non-hydrogen) atoms. The third kappa shape index (κ3) is 9.23. The number of carbonyl (C=O) groups is 4. The van der Waals surface area contributed by atoms with Gasteiger partial charge in [0.25, 0.3) is 0 Å². The second-order valence-corrected chi connectivity index (χ2v) is 8.51. The summed E-state index contributed by atoms with van der Waals surface area (Å²) >= 11 is 0. The molecule has 4 rings (SSSR count). The fourth-order valence-electron chi connectivity index (χ4n) is 3.29. The van der Waals surface area contributed by atoms with Crippen LogP contribution in [-0.4, -0.2) is 38.5 Å². The summed E-state index contributed by atoms with van der Waals surface area (Å²) < 4.78 is 29.4. The minimum atomic E-state index is -1.11. The van der Waals surface area contributed by atoms with E-state index in [1.165, 1.54) is 38.5 Å². The zero-order valence-corrected chi connectivity index (χ0v) is 23.3. The number of para-hydroxylation sites is 2. The zero-order chi connectivity index (χ0) is 30.5. The fraction of sp³-hybridized carbons (Fsp3) is 0.125. The van der Waals surface area contributed by atoms with Gasteiger partial charge in [-0.3, -0.25) is 0 Å². The SMILES string of the molecule is COC(=O)c1ccccc1OC(=O)Oc1ccccc1C(=O)OC.Cc1ccc(OC(=O)Oc2ccc(C)cc2)cc1. The lowest BCUT2D eigenvalue weighted by Gasteiger charge is -2.10. The molecular formula is C32H28O10. The number of hydrogen-bond donors (Lipinski definition) is 0. The highest BCUT2D eigenvalue weighted by Gasteiger charge is 2.19. The average Bonchev–Trinajstić information content (AvgIpc) is 2.99. The van der Waals surface area contributed by atoms with Crippen LogP contribution in [0.4, 0.5) is 9.59 Å². The molecule has 4 aromatic carbocycles. The van der Waals surface area contributed by atoms with Crippen LogP contribution < -0.4 is 18.9 Å². The summed E-state index contributed by atoms with van der Waals surface area (Å²) in [5, 5.41) is 0. The number of rotatable bonds is 6. The Balaban J connectivity index is 0.000000240. The van der Waals surface area contributed by atoms with E-state index in [4.69, 9.17) is 18.9 Å². The van der Waals surface area contributed by atoms with Crippen LogP contribution >= 0.6 is 0 Å². The lowest BCUT2D eigenvalue weighted by Crippen LogP contribution is -2.17. The predicted octanol–water partition coefficient (Wildman–Crippen LogP) is 6.72. The Hall–Kier alpha value is -5.64. The van der Waals surface area contributed by atoms with E-state index in [0.717, 1.165) is 11.1 Å². The van der Waals surface area contributed by atoms with Gasteiger partial charge in [-0.25, -0.2) is 19.2 Å². The minimum absolute atomic E-state index is 0.0232. The summed E-state index contributed by atoms with van der Waals surface area (Å²) in [7, 11) is 2.42. The summed E-state index contributed by atoms with van der Waals surface area (Å²) in [5.74, 6) is -0.424. The highest BCUT2D eigenvalue weighted by atomic mass is 16.7. The number of aryl methyl sites for hydroxylation is 2. The van der Waals surface area contributed by atoms with Crippen LogP contribution in [0.15, 0.2) is 97.1 Å². The van der Waals surface area contributed by atoms with Crippen LogP contribution in [0.3, 0.4) is 0 Å². The molecule has 216 valence electrons. The van der Waals surface area contributed by atoms with Crippen molar-refractivity contribution in [2.45, 2.75) is 13.8 Å². The van der Waals surface area contributed by atoms with Crippen molar-refractivity contribution >= 4 is 24.2 Å². The second-order valence-electron chi connectivity index (χ2n) is 8.51. The van der Waals surface area contributed by atoms with Crippen molar-refractivity contribution in [1.82, 2.24) is 0 Å². The van der Waals surface area contributed by atoms with E-state index in [1.807, 2.05) is 38.1 Å². The van der Waals surface area contributed by atoms with E-state index in [2.05, 4.69) is 9.47 Å². The lowest BCUT2D eigenvalue weighted by atomic mass is 10.2. The summed E-state index contributed by atoms with van der Waals surface area (Å²) in [5.41, 5.74) is 2.35. The van der Waals surface area contributed by atoms with Crippen molar-refractivity contribution in [3.8, 4) is 23.0 Å². The smallest absolute Gasteiger partial charge is 0.465 e. The maximum absolute atomic E-state index is 12.0. The van der Waals surface area contributed by atoms with Gasteiger partial charge in [-0.05, 0) is 62.4 Å². The fourth-order valence-corrected chi connectivity index (χ4v) is 3.29. The molecule has 0 saturated heterocycles. The van der Waals surface area contributed by atoms with Crippen LogP contribution in [0.2, 0.25) is 0 Å². The van der Waals surface area contributed by atoms with E-state index in [9.17, 15) is 19.2 Å². The Labute approximate surface area is 242 Å². The molecule has 0 aromatic heterocycles. The van der Waals surface area contributed by atoms with Crippen LogP contribution in [0.25, 0.3) is 0 Å². The van der Waals surface area contributed by atoms with Crippen molar-refractivity contribution in [2.24, 2.45) is 0 Å². The van der Waals surface area contributed by atoms with Gasteiger partial charge >= 0.3 is 24.2 Å². The molecule has 0 N–H and O–H groups in total. The summed E-state index contributed by atoms with van der Waals surface area (Å²) in [6.45, 7) is 3.93. The van der Waals surface area contributed by atoms with Gasteiger partial charge in [0, 0.05) is 0 Å². The molecule has 0 saturated carbocycles. The number of methoxy groups -OCH3 is 2. The Morgan fingerprint density at radius 2 is 0.786 bits per heavy atom. The van der Waals surface area contributed by atoms with Crippen LogP contribution in [0.1, 0.15) is 31.8 Å². The summed E-state index contributed by atoms with van der Waals surface area (Å²) in [6, 6.07) is 26.5. The molecule has 0 amide bonds. The highest BCUT2D eigenvalue weighted by molar-refractivity contribution is 5.94. The quantitative estimate of drug-likeness (QED) is 0.182. The first-order chi connectivity index (χ1) is 20.2. The van der Waals surface area contributed by atoms with E-state index in [-0.39, 0.29) is 22.6 Å². The molecule has 0 aliphatic carbocycles. The Morgan fingerprint density at radius 3 is 1.14 bits per heavy atom. The third-order valence-corrected chi connectivity index (χ3v) is 5.42. The molecule has 0 unspecified atom stereocenters. The first-order valence-corrected chi connectivity index (χ1v) is 12.5. The zero-order valence-electron chi connectivity index (χ0n) is 23.3. The van der Waals surface area contributed by atoms with Gasteiger partial charge in [-0.1, -0.05) is 59.7 Å². The van der Waals surface area contributed by atoms with Crippen LogP contribution in [0, 0.1) is 13.8 Å². The standard InChI is InChI=1S/C17H14O7.C15H14O3/c1-21-15(18)11-7-3-5-9-13(11)23-17(20)24-14-10-6-4-8-12(14)16(19)22-2;1-11-3-7-13(8-4-11)17-15(16)18-14-9-5-12(2)6-10-14/h3-10H,1-2H3;3-10H,1-2H3. The largest absolute Gasteiger partial charge is 0.519 e. The van der Waals surface area contributed by atoms with Gasteiger partial charge in [0.2, 0.25) is 0 Å². The van der Waals surface area contributed by atoms with Crippen molar-refractivity contribution in [3.63, 3.8) is 0 Å². The second kappa shape index (κ2) is 15.2. The lowest BCUT2D eigenvalue weighted by molar-refractivity contribution is 0.0590. The van der Waals surface area contributed by atoms with E-state index in [0.29, 0.717) is 11.5 Å². The molecule has 10 heteroatoms. The normalized spacial score (nSPS) is 9.81. The summed E-state index contributed by atoms with van der Waals surface area (Å²) in [4.78, 5) is 46.7. The average molecular weight is 573 g/mol. The monoisotopic (exact) mass is 572 g/mol. The van der Waals surface area contributed by atoms with E-state index < -0.39 is 24.2 Å². The molecule has 0 atom stereocenters. The Morgan fingerprint density at radius 1 is 0.452 bits per heavy atom. The molecule has 0 heterocycles. The van der Waals surface area contributed by atoms with Crippen molar-refractivity contribution in [1.29, 1.82) is 0 Å². The molecule has 0 fully saturated rings. The first-order valence-electron chi connectivity index (χ1n) is 12.5. The van der Waals surface area contributed by atoms with E-state index >= 15 is 0 Å². The topological polar surface area (TPSA) is 124 Å². The van der Waals surface area contributed by atoms with Gasteiger partial charge in [0.05, 0.1) is 14.2 Å². The maximum Gasteiger partial charge on any atom is 0.519 e. The maximum atomic E-state index is 12.0. The number of esters is 2. The molecule has 4 aromatic rings.